The number of anilines is 1. The molecule has 9 heteroatoms. The van der Waals surface area contributed by atoms with Gasteiger partial charge in [0.15, 0.2) is 11.5 Å². The van der Waals surface area contributed by atoms with Crippen LogP contribution in [-0.4, -0.2) is 59.6 Å². The summed E-state index contributed by atoms with van der Waals surface area (Å²) in [5.74, 6) is 0.0755. The molecule has 27 heavy (non-hydrogen) atoms. The number of urea groups is 1. The minimum Gasteiger partial charge on any atom is -0.493 e. The maximum absolute atomic E-state index is 12.3. The lowest BCUT2D eigenvalue weighted by atomic mass is 10.2. The number of aliphatic carboxylic acids is 1. The molecule has 0 aliphatic heterocycles. The fourth-order valence-electron chi connectivity index (χ4n) is 2.58. The van der Waals surface area contributed by atoms with E-state index in [0.29, 0.717) is 23.9 Å². The van der Waals surface area contributed by atoms with Crippen molar-refractivity contribution in [1.29, 1.82) is 0 Å². The van der Waals surface area contributed by atoms with Crippen LogP contribution in [-0.2, 0) is 11.3 Å². The number of methoxy groups -OCH3 is 2. The molecule has 0 saturated carbocycles. The Bertz CT molecular complexity index is 805. The van der Waals surface area contributed by atoms with E-state index >= 15 is 0 Å². The van der Waals surface area contributed by atoms with Gasteiger partial charge in [0.2, 0.25) is 0 Å². The van der Waals surface area contributed by atoms with E-state index in [1.807, 2.05) is 12.1 Å². The van der Waals surface area contributed by atoms with Crippen LogP contribution in [0.15, 0.2) is 30.5 Å². The van der Waals surface area contributed by atoms with Crippen LogP contribution in [0.5, 0.6) is 11.5 Å². The molecule has 0 aliphatic rings. The number of aromatic nitrogens is 2. The number of para-hydroxylation sites is 1. The van der Waals surface area contributed by atoms with Crippen molar-refractivity contribution in [2.75, 3.05) is 33.1 Å². The molecule has 0 saturated heterocycles. The zero-order valence-corrected chi connectivity index (χ0v) is 15.8. The molecule has 9 nitrogen and oxygen atoms in total. The van der Waals surface area contributed by atoms with Crippen molar-refractivity contribution in [3.05, 3.63) is 36.0 Å². The smallest absolute Gasteiger partial charge is 0.322 e. The van der Waals surface area contributed by atoms with E-state index in [-0.39, 0.29) is 6.54 Å². The van der Waals surface area contributed by atoms with Crippen LogP contribution in [0.3, 0.4) is 0 Å². The monoisotopic (exact) mass is 376 g/mol. The quantitative estimate of drug-likeness (QED) is 0.731. The van der Waals surface area contributed by atoms with Gasteiger partial charge in [-0.05, 0) is 6.07 Å². The Balaban J connectivity index is 2.13. The molecule has 0 aliphatic carbocycles. The van der Waals surface area contributed by atoms with Gasteiger partial charge in [-0.25, -0.2) is 9.48 Å². The number of carboxylic acids is 1. The highest BCUT2D eigenvalue weighted by Gasteiger charge is 2.19. The number of nitrogens with one attached hydrogen (secondary N) is 1. The fraction of sp³-hybridized carbons (Fsp3) is 0.389. The molecule has 1 aromatic carbocycles. The fourth-order valence-corrected chi connectivity index (χ4v) is 2.58. The largest absolute Gasteiger partial charge is 0.493 e. The third-order valence-electron chi connectivity index (χ3n) is 4.07. The number of carboxylic acid groups (broad SMARTS) is 1. The molecule has 2 amide bonds. The molecule has 1 unspecified atom stereocenters. The van der Waals surface area contributed by atoms with Gasteiger partial charge in [-0.3, -0.25) is 10.1 Å². The summed E-state index contributed by atoms with van der Waals surface area (Å²) in [6.07, 6.45) is 1.57. The number of amides is 2. The standard InChI is InChI=1S/C18H24N4O5/c1-12(17(23)24)10-21(2)18(25)20-15-8-9-19-22(15)11-13-6-5-7-14(26-3)16(13)27-4/h5-9,12H,10-11H2,1-4H3,(H,20,25)(H,23,24). The first-order chi connectivity index (χ1) is 12.9. The summed E-state index contributed by atoms with van der Waals surface area (Å²) in [6, 6.07) is 6.78. The van der Waals surface area contributed by atoms with Gasteiger partial charge in [0.05, 0.1) is 32.9 Å². The SMILES string of the molecule is COc1cccc(Cn2nccc2NC(=O)N(C)CC(C)C(=O)O)c1OC. The first kappa shape index (κ1) is 20.1. The van der Waals surface area contributed by atoms with E-state index in [2.05, 4.69) is 10.4 Å². The van der Waals surface area contributed by atoms with Crippen molar-refractivity contribution >= 4 is 17.8 Å². The molecule has 0 spiro atoms. The van der Waals surface area contributed by atoms with E-state index in [9.17, 15) is 9.59 Å². The summed E-state index contributed by atoms with van der Waals surface area (Å²) < 4.78 is 12.3. The second kappa shape index (κ2) is 8.93. The van der Waals surface area contributed by atoms with E-state index < -0.39 is 17.9 Å². The lowest BCUT2D eigenvalue weighted by Gasteiger charge is -2.20. The van der Waals surface area contributed by atoms with Crippen molar-refractivity contribution in [3.63, 3.8) is 0 Å². The Morgan fingerprint density at radius 2 is 2.04 bits per heavy atom. The van der Waals surface area contributed by atoms with Crippen LogP contribution in [0.2, 0.25) is 0 Å². The molecular formula is C18H24N4O5. The van der Waals surface area contributed by atoms with Crippen molar-refractivity contribution in [3.8, 4) is 11.5 Å². The number of nitrogens with zero attached hydrogens (tertiary/aromatic N) is 3. The molecule has 1 aromatic heterocycles. The van der Waals surface area contributed by atoms with Crippen LogP contribution in [0, 0.1) is 5.92 Å². The minimum absolute atomic E-state index is 0.0962. The number of rotatable bonds is 8. The topological polar surface area (TPSA) is 106 Å². The van der Waals surface area contributed by atoms with Gasteiger partial charge in [0.25, 0.3) is 0 Å². The average molecular weight is 376 g/mol. The van der Waals surface area contributed by atoms with Crippen molar-refractivity contribution in [2.45, 2.75) is 13.5 Å². The molecule has 1 atom stereocenters. The number of carbonyl (C=O) groups is 2. The first-order valence-electron chi connectivity index (χ1n) is 8.34. The predicted molar refractivity (Wildman–Crippen MR) is 99.3 cm³/mol. The average Bonchev–Trinajstić information content (AvgIpc) is 3.07. The normalized spacial score (nSPS) is 11.6. The highest BCUT2D eigenvalue weighted by Crippen LogP contribution is 2.31. The Morgan fingerprint density at radius 3 is 2.67 bits per heavy atom. The number of hydrogen-bond acceptors (Lipinski definition) is 5. The summed E-state index contributed by atoms with van der Waals surface area (Å²) >= 11 is 0. The lowest BCUT2D eigenvalue weighted by molar-refractivity contribution is -0.141. The zero-order valence-electron chi connectivity index (χ0n) is 15.8. The van der Waals surface area contributed by atoms with Crippen LogP contribution in [0.25, 0.3) is 0 Å². The predicted octanol–water partition coefficient (Wildman–Crippen LogP) is 2.13. The first-order valence-corrected chi connectivity index (χ1v) is 8.34. The minimum atomic E-state index is -0.954. The van der Waals surface area contributed by atoms with Gasteiger partial charge in [-0.15, -0.1) is 0 Å². The summed E-state index contributed by atoms with van der Waals surface area (Å²) in [5.41, 5.74) is 0.837. The molecule has 2 aromatic rings. The maximum Gasteiger partial charge on any atom is 0.322 e. The van der Waals surface area contributed by atoms with E-state index in [4.69, 9.17) is 14.6 Å². The van der Waals surface area contributed by atoms with Crippen molar-refractivity contribution in [1.82, 2.24) is 14.7 Å². The Labute approximate surface area is 157 Å². The van der Waals surface area contributed by atoms with Gasteiger partial charge >= 0.3 is 12.0 Å². The third-order valence-corrected chi connectivity index (χ3v) is 4.07. The molecule has 2 rings (SSSR count). The van der Waals surface area contributed by atoms with Crippen molar-refractivity contribution < 1.29 is 24.2 Å². The van der Waals surface area contributed by atoms with Crippen LogP contribution < -0.4 is 14.8 Å². The van der Waals surface area contributed by atoms with Gasteiger partial charge in [0.1, 0.15) is 5.82 Å². The van der Waals surface area contributed by atoms with Crippen molar-refractivity contribution in [2.24, 2.45) is 5.92 Å². The van der Waals surface area contributed by atoms with Crippen LogP contribution in [0.4, 0.5) is 10.6 Å². The Hall–Kier alpha value is -3.23. The molecule has 2 N–H and O–H groups in total. The van der Waals surface area contributed by atoms with Crippen LogP contribution >= 0.6 is 0 Å². The van der Waals surface area contributed by atoms with Gasteiger partial charge < -0.3 is 19.5 Å². The summed E-state index contributed by atoms with van der Waals surface area (Å²) in [4.78, 5) is 24.6. The number of hydrogen-bond donors (Lipinski definition) is 2. The summed E-state index contributed by atoms with van der Waals surface area (Å²) in [6.45, 7) is 2.00. The lowest BCUT2D eigenvalue weighted by Crippen LogP contribution is -2.37. The second-order valence-corrected chi connectivity index (χ2v) is 6.08. The molecule has 1 heterocycles. The summed E-state index contributed by atoms with van der Waals surface area (Å²) in [7, 11) is 4.67. The molecule has 0 bridgehead atoms. The van der Waals surface area contributed by atoms with Crippen LogP contribution in [0.1, 0.15) is 12.5 Å². The van der Waals surface area contributed by atoms with E-state index in [1.54, 1.807) is 51.2 Å². The number of ether oxygens (including phenoxy) is 2. The zero-order chi connectivity index (χ0) is 20.0. The Kier molecular flexibility index (Phi) is 6.64. The third kappa shape index (κ3) is 4.90. The number of benzene rings is 1. The Morgan fingerprint density at radius 1 is 1.30 bits per heavy atom. The molecule has 0 radical (unpaired) electrons. The molecular weight excluding hydrogens is 352 g/mol. The molecule has 146 valence electrons. The maximum atomic E-state index is 12.3. The second-order valence-electron chi connectivity index (χ2n) is 6.08. The van der Waals surface area contributed by atoms with E-state index in [0.717, 1.165) is 5.56 Å². The highest BCUT2D eigenvalue weighted by molar-refractivity contribution is 5.88. The van der Waals surface area contributed by atoms with Gasteiger partial charge in [-0.1, -0.05) is 19.1 Å². The molecule has 0 fully saturated rings. The number of carbonyl (C=O) groups excluding carboxylic acids is 1. The highest BCUT2D eigenvalue weighted by atomic mass is 16.5. The summed E-state index contributed by atoms with van der Waals surface area (Å²) in [5, 5.41) is 16.0. The van der Waals surface area contributed by atoms with Gasteiger partial charge in [0, 0.05) is 25.2 Å². The van der Waals surface area contributed by atoms with Gasteiger partial charge in [-0.2, -0.15) is 5.10 Å². The van der Waals surface area contributed by atoms with E-state index in [1.165, 1.54) is 4.90 Å².